The minimum Gasteiger partial charge on any atom is -0.349 e. The van der Waals surface area contributed by atoms with Crippen LogP contribution in [0.5, 0.6) is 0 Å². The number of hydrogen-bond donors (Lipinski definition) is 3. The highest BCUT2D eigenvalue weighted by Gasteiger charge is 2.21. The molecule has 1 saturated carbocycles. The Kier molecular flexibility index (Phi) is 6.08. The molecule has 27 heavy (non-hydrogen) atoms. The lowest BCUT2D eigenvalue weighted by Gasteiger charge is -2.26. The maximum atomic E-state index is 13.0. The summed E-state index contributed by atoms with van der Waals surface area (Å²) in [7, 11) is 0. The van der Waals surface area contributed by atoms with Crippen LogP contribution in [0.2, 0.25) is 5.02 Å². The molecule has 0 bridgehead atoms. The molecule has 2 aromatic rings. The number of carbonyl (C=O) groups excluding carboxylic acids is 2. The van der Waals surface area contributed by atoms with E-state index in [9.17, 15) is 14.0 Å². The summed E-state index contributed by atoms with van der Waals surface area (Å²) in [5.74, 6) is -1.08. The maximum Gasteiger partial charge on any atom is 0.255 e. The Hall–Kier alpha value is -2.44. The minimum atomic E-state index is -0.435. The van der Waals surface area contributed by atoms with Gasteiger partial charge in [-0.25, -0.2) is 4.39 Å². The molecular weight excluding hydrogens is 369 g/mol. The zero-order chi connectivity index (χ0) is 19.4. The Labute approximate surface area is 162 Å². The number of anilines is 1. The molecule has 0 unspecified atom stereocenters. The van der Waals surface area contributed by atoms with Crippen LogP contribution in [0.15, 0.2) is 42.5 Å². The molecule has 0 aromatic heterocycles. The Morgan fingerprint density at radius 2 is 1.59 bits per heavy atom. The van der Waals surface area contributed by atoms with Gasteiger partial charge in [-0.15, -0.1) is 0 Å². The van der Waals surface area contributed by atoms with Crippen molar-refractivity contribution in [2.24, 2.45) is 5.73 Å². The smallest absolute Gasteiger partial charge is 0.255 e. The molecule has 142 valence electrons. The van der Waals surface area contributed by atoms with Crippen LogP contribution >= 0.6 is 11.6 Å². The molecule has 1 fully saturated rings. The molecule has 0 atom stereocenters. The van der Waals surface area contributed by atoms with Crippen molar-refractivity contribution >= 4 is 29.1 Å². The molecule has 7 heteroatoms. The SMILES string of the molecule is NC1CCC(NC(=O)c2ccc(Cl)c(NC(=O)c3ccc(F)cc3)c2)CC1. The number of halogens is 2. The van der Waals surface area contributed by atoms with Crippen molar-refractivity contribution in [2.45, 2.75) is 37.8 Å². The maximum absolute atomic E-state index is 13.0. The lowest BCUT2D eigenvalue weighted by Crippen LogP contribution is -2.40. The number of nitrogens with two attached hydrogens (primary N) is 1. The number of amides is 2. The van der Waals surface area contributed by atoms with E-state index in [0.717, 1.165) is 25.7 Å². The molecule has 2 aromatic carbocycles. The van der Waals surface area contributed by atoms with E-state index in [2.05, 4.69) is 10.6 Å². The molecule has 0 aliphatic heterocycles. The van der Waals surface area contributed by atoms with Gasteiger partial charge in [0.2, 0.25) is 0 Å². The number of nitrogens with one attached hydrogen (secondary N) is 2. The first-order valence-corrected chi connectivity index (χ1v) is 9.23. The second-order valence-electron chi connectivity index (χ2n) is 6.74. The normalized spacial score (nSPS) is 19.4. The van der Waals surface area contributed by atoms with Crippen LogP contribution in [0.4, 0.5) is 10.1 Å². The first-order chi connectivity index (χ1) is 12.9. The van der Waals surface area contributed by atoms with Crippen molar-refractivity contribution < 1.29 is 14.0 Å². The van der Waals surface area contributed by atoms with Gasteiger partial charge >= 0.3 is 0 Å². The van der Waals surface area contributed by atoms with Crippen LogP contribution in [0.3, 0.4) is 0 Å². The molecule has 0 saturated heterocycles. The van der Waals surface area contributed by atoms with E-state index in [-0.39, 0.29) is 18.0 Å². The quantitative estimate of drug-likeness (QED) is 0.744. The molecule has 0 spiro atoms. The van der Waals surface area contributed by atoms with Gasteiger partial charge in [0, 0.05) is 23.2 Å². The first-order valence-electron chi connectivity index (χ1n) is 8.85. The van der Waals surface area contributed by atoms with Crippen LogP contribution in [-0.4, -0.2) is 23.9 Å². The molecule has 0 heterocycles. The third kappa shape index (κ3) is 5.05. The van der Waals surface area contributed by atoms with Crippen LogP contribution < -0.4 is 16.4 Å². The predicted octanol–water partition coefficient (Wildman–Crippen LogP) is 3.73. The van der Waals surface area contributed by atoms with Crippen LogP contribution in [0, 0.1) is 5.82 Å². The van der Waals surface area contributed by atoms with E-state index in [1.165, 1.54) is 30.3 Å². The van der Waals surface area contributed by atoms with Gasteiger partial charge < -0.3 is 16.4 Å². The van der Waals surface area contributed by atoms with Crippen molar-refractivity contribution in [3.05, 3.63) is 64.4 Å². The fourth-order valence-electron chi connectivity index (χ4n) is 3.09. The topological polar surface area (TPSA) is 84.2 Å². The average Bonchev–Trinajstić information content (AvgIpc) is 2.65. The van der Waals surface area contributed by atoms with Gasteiger partial charge in [0.1, 0.15) is 5.82 Å². The highest BCUT2D eigenvalue weighted by Crippen LogP contribution is 2.24. The van der Waals surface area contributed by atoms with E-state index in [1.54, 1.807) is 12.1 Å². The number of rotatable bonds is 4. The van der Waals surface area contributed by atoms with Crippen molar-refractivity contribution in [3.63, 3.8) is 0 Å². The van der Waals surface area contributed by atoms with Crippen molar-refractivity contribution in [1.82, 2.24) is 5.32 Å². The molecule has 1 aliphatic carbocycles. The number of hydrogen-bond acceptors (Lipinski definition) is 3. The molecule has 3 rings (SSSR count). The summed E-state index contributed by atoms with van der Waals surface area (Å²) < 4.78 is 13.0. The summed E-state index contributed by atoms with van der Waals surface area (Å²) in [6, 6.07) is 10.2. The van der Waals surface area contributed by atoms with Gasteiger partial charge in [0.15, 0.2) is 0 Å². The van der Waals surface area contributed by atoms with E-state index in [0.29, 0.717) is 21.8 Å². The van der Waals surface area contributed by atoms with Gasteiger partial charge in [-0.3, -0.25) is 9.59 Å². The van der Waals surface area contributed by atoms with Gasteiger partial charge in [-0.1, -0.05) is 11.6 Å². The van der Waals surface area contributed by atoms with Gasteiger partial charge in [-0.05, 0) is 68.1 Å². The van der Waals surface area contributed by atoms with Crippen molar-refractivity contribution in [2.75, 3.05) is 5.32 Å². The van der Waals surface area contributed by atoms with Gasteiger partial charge in [0.25, 0.3) is 11.8 Å². The summed E-state index contributed by atoms with van der Waals surface area (Å²) in [6.07, 6.45) is 3.50. The number of carbonyl (C=O) groups is 2. The highest BCUT2D eigenvalue weighted by molar-refractivity contribution is 6.34. The molecular formula is C20H21ClFN3O2. The Bertz CT molecular complexity index is 834. The Morgan fingerprint density at radius 3 is 2.26 bits per heavy atom. The van der Waals surface area contributed by atoms with Crippen molar-refractivity contribution in [3.8, 4) is 0 Å². The third-order valence-electron chi connectivity index (χ3n) is 4.69. The Morgan fingerprint density at radius 1 is 0.963 bits per heavy atom. The molecule has 0 radical (unpaired) electrons. The fraction of sp³-hybridized carbons (Fsp3) is 0.300. The standard InChI is InChI=1S/C20H21ClFN3O2/c21-17-10-3-13(20(27)24-16-8-6-15(23)7-9-16)11-18(17)25-19(26)12-1-4-14(22)5-2-12/h1-5,10-11,15-16H,6-9,23H2,(H,24,27)(H,25,26). The zero-order valence-corrected chi connectivity index (χ0v) is 15.4. The summed E-state index contributed by atoms with van der Waals surface area (Å²) in [5, 5.41) is 5.97. The molecule has 2 amide bonds. The van der Waals surface area contributed by atoms with Crippen LogP contribution in [-0.2, 0) is 0 Å². The van der Waals surface area contributed by atoms with E-state index in [1.807, 2.05) is 0 Å². The predicted molar refractivity (Wildman–Crippen MR) is 104 cm³/mol. The Balaban J connectivity index is 1.69. The second kappa shape index (κ2) is 8.50. The second-order valence-corrected chi connectivity index (χ2v) is 7.15. The summed E-state index contributed by atoms with van der Waals surface area (Å²) >= 11 is 6.15. The third-order valence-corrected chi connectivity index (χ3v) is 5.02. The molecule has 5 nitrogen and oxygen atoms in total. The summed E-state index contributed by atoms with van der Waals surface area (Å²) in [6.45, 7) is 0. The lowest BCUT2D eigenvalue weighted by atomic mass is 9.91. The van der Waals surface area contributed by atoms with E-state index in [4.69, 9.17) is 17.3 Å². The monoisotopic (exact) mass is 389 g/mol. The fourth-order valence-corrected chi connectivity index (χ4v) is 3.26. The zero-order valence-electron chi connectivity index (χ0n) is 14.7. The summed E-state index contributed by atoms with van der Waals surface area (Å²) in [4.78, 5) is 24.8. The lowest BCUT2D eigenvalue weighted by molar-refractivity contribution is 0.0925. The van der Waals surface area contributed by atoms with Gasteiger partial charge in [0.05, 0.1) is 10.7 Å². The van der Waals surface area contributed by atoms with Crippen molar-refractivity contribution in [1.29, 1.82) is 0 Å². The largest absolute Gasteiger partial charge is 0.349 e. The van der Waals surface area contributed by atoms with E-state index < -0.39 is 11.7 Å². The highest BCUT2D eigenvalue weighted by atomic mass is 35.5. The first kappa shape index (κ1) is 19.3. The molecule has 1 aliphatic rings. The van der Waals surface area contributed by atoms with Crippen LogP contribution in [0.1, 0.15) is 46.4 Å². The van der Waals surface area contributed by atoms with Crippen LogP contribution in [0.25, 0.3) is 0 Å². The number of benzene rings is 2. The van der Waals surface area contributed by atoms with E-state index >= 15 is 0 Å². The van der Waals surface area contributed by atoms with Gasteiger partial charge in [-0.2, -0.15) is 0 Å². The molecule has 4 N–H and O–H groups in total. The summed E-state index contributed by atoms with van der Waals surface area (Å²) in [5.41, 5.74) is 6.91. The minimum absolute atomic E-state index is 0.102. The average molecular weight is 390 g/mol.